The Kier molecular flexibility index (Phi) is 7.46. The zero-order valence-corrected chi connectivity index (χ0v) is 18.8. The van der Waals surface area contributed by atoms with Crippen molar-refractivity contribution in [1.82, 2.24) is 14.8 Å². The van der Waals surface area contributed by atoms with Gasteiger partial charge in [-0.1, -0.05) is 36.7 Å². The first-order valence-corrected chi connectivity index (χ1v) is 11.5. The van der Waals surface area contributed by atoms with E-state index in [4.69, 9.17) is 11.6 Å². The summed E-state index contributed by atoms with van der Waals surface area (Å²) in [6, 6.07) is 6.04. The van der Waals surface area contributed by atoms with Crippen molar-refractivity contribution in [1.29, 1.82) is 0 Å². The molecule has 0 saturated heterocycles. The Labute approximate surface area is 186 Å². The molecule has 0 radical (unpaired) electrons. The van der Waals surface area contributed by atoms with E-state index in [0.29, 0.717) is 11.7 Å². The zero-order valence-electron chi connectivity index (χ0n) is 16.4. The normalized spacial score (nSPS) is 10.9. The number of halogens is 1. The molecule has 0 atom stereocenters. The molecule has 0 saturated carbocycles. The molecule has 0 spiro atoms. The lowest BCUT2D eigenvalue weighted by Gasteiger charge is -2.08. The Bertz CT molecular complexity index is 1070. The van der Waals surface area contributed by atoms with Crippen LogP contribution in [0.15, 0.2) is 34.8 Å². The molecule has 1 N–H and O–H groups in total. The van der Waals surface area contributed by atoms with Crippen molar-refractivity contribution in [2.75, 3.05) is 11.1 Å². The third kappa shape index (κ3) is 5.18. The Morgan fingerprint density at radius 3 is 2.83 bits per heavy atom. The topological polar surface area (TPSA) is 103 Å². The van der Waals surface area contributed by atoms with E-state index in [1.165, 1.54) is 34.8 Å². The summed E-state index contributed by atoms with van der Waals surface area (Å²) >= 11 is 9.00. The molecular formula is C19H20ClN5O3S2. The predicted octanol–water partition coefficient (Wildman–Crippen LogP) is 5.27. The number of non-ortho nitro benzene ring substituents is 1. The minimum absolute atomic E-state index is 0.0713. The van der Waals surface area contributed by atoms with Gasteiger partial charge in [0.05, 0.1) is 21.4 Å². The number of hydrogen-bond donors (Lipinski definition) is 1. The number of carbonyl (C=O) groups excluding carboxylic acids is 1. The van der Waals surface area contributed by atoms with Crippen LogP contribution in [0.5, 0.6) is 0 Å². The van der Waals surface area contributed by atoms with Gasteiger partial charge >= 0.3 is 0 Å². The van der Waals surface area contributed by atoms with Crippen LogP contribution in [0.3, 0.4) is 0 Å². The molecule has 0 fully saturated rings. The fourth-order valence-corrected chi connectivity index (χ4v) is 4.74. The van der Waals surface area contributed by atoms with Crippen LogP contribution >= 0.6 is 34.7 Å². The number of carbonyl (C=O) groups is 1. The highest BCUT2D eigenvalue weighted by Crippen LogP contribution is 2.29. The van der Waals surface area contributed by atoms with Gasteiger partial charge in [-0.2, -0.15) is 0 Å². The molecule has 0 bridgehead atoms. The average molecular weight is 466 g/mol. The number of thioether (sulfide) groups is 1. The summed E-state index contributed by atoms with van der Waals surface area (Å²) in [5.41, 5.74) is 1.09. The van der Waals surface area contributed by atoms with E-state index < -0.39 is 4.92 Å². The van der Waals surface area contributed by atoms with Crippen LogP contribution in [0.4, 0.5) is 11.4 Å². The van der Waals surface area contributed by atoms with E-state index in [1.807, 2.05) is 11.5 Å². The number of nitro benzene ring substituents is 1. The molecule has 11 heteroatoms. The summed E-state index contributed by atoms with van der Waals surface area (Å²) in [5.74, 6) is 0.512. The number of rotatable bonds is 9. The fraction of sp³-hybridized carbons (Fsp3) is 0.316. The van der Waals surface area contributed by atoms with Gasteiger partial charge in [-0.3, -0.25) is 14.9 Å². The third-order valence-corrected chi connectivity index (χ3v) is 6.50. The highest BCUT2D eigenvalue weighted by Gasteiger charge is 2.17. The number of thiophene rings is 1. The maximum Gasteiger partial charge on any atom is 0.271 e. The molecule has 158 valence electrons. The summed E-state index contributed by atoms with van der Waals surface area (Å²) in [6.07, 6.45) is 2.12. The van der Waals surface area contributed by atoms with Crippen molar-refractivity contribution in [2.24, 2.45) is 0 Å². The predicted molar refractivity (Wildman–Crippen MR) is 120 cm³/mol. The van der Waals surface area contributed by atoms with Crippen molar-refractivity contribution in [3.8, 4) is 11.4 Å². The zero-order chi connectivity index (χ0) is 21.7. The molecule has 0 unspecified atom stereocenters. The first-order valence-electron chi connectivity index (χ1n) is 9.30. The first-order chi connectivity index (χ1) is 14.4. The largest absolute Gasteiger partial charge is 0.324 e. The number of nitrogens with zero attached hydrogens (tertiary/aromatic N) is 4. The molecule has 1 amide bonds. The van der Waals surface area contributed by atoms with Gasteiger partial charge in [-0.25, -0.2) is 0 Å². The Hall–Kier alpha value is -2.43. The van der Waals surface area contributed by atoms with E-state index >= 15 is 0 Å². The van der Waals surface area contributed by atoms with Crippen LogP contribution in [0, 0.1) is 10.1 Å². The maximum absolute atomic E-state index is 12.4. The van der Waals surface area contributed by atoms with Crippen LogP contribution < -0.4 is 5.32 Å². The van der Waals surface area contributed by atoms with Crippen LogP contribution in [0.25, 0.3) is 11.4 Å². The number of aryl methyl sites for hydroxylation is 1. The summed E-state index contributed by atoms with van der Waals surface area (Å²) in [4.78, 5) is 24.0. The molecule has 0 aliphatic rings. The molecule has 3 aromatic rings. The second-order valence-electron chi connectivity index (χ2n) is 6.36. The lowest BCUT2D eigenvalue weighted by molar-refractivity contribution is -0.384. The van der Waals surface area contributed by atoms with E-state index in [-0.39, 0.29) is 28.1 Å². The number of amides is 1. The van der Waals surface area contributed by atoms with Gasteiger partial charge in [0, 0.05) is 34.5 Å². The molecule has 2 aromatic heterocycles. The van der Waals surface area contributed by atoms with Crippen LogP contribution in [-0.4, -0.2) is 31.3 Å². The number of anilines is 1. The van der Waals surface area contributed by atoms with E-state index in [9.17, 15) is 14.9 Å². The Balaban J connectivity index is 1.68. The first kappa shape index (κ1) is 22.3. The van der Waals surface area contributed by atoms with Gasteiger partial charge in [-0.05, 0) is 25.5 Å². The van der Waals surface area contributed by atoms with Crippen molar-refractivity contribution in [3.05, 3.63) is 49.7 Å². The number of hydrogen-bond acceptors (Lipinski definition) is 7. The standard InChI is InChI=1S/C19H20ClN5O3S2/c1-3-5-14-8-12(10-29-14)18-22-23-19(24(18)4-2)30-11-17(26)21-16-9-13(25(27)28)6-7-15(16)20/h6-10H,3-5,11H2,1-2H3,(H,21,26). The van der Waals surface area contributed by atoms with Crippen LogP contribution in [0.2, 0.25) is 5.02 Å². The summed E-state index contributed by atoms with van der Waals surface area (Å²) in [7, 11) is 0. The van der Waals surface area contributed by atoms with Crippen molar-refractivity contribution in [2.45, 2.75) is 38.4 Å². The number of nitro groups is 1. The summed E-state index contributed by atoms with van der Waals surface area (Å²) in [6.45, 7) is 4.82. The molecule has 8 nitrogen and oxygen atoms in total. The molecular weight excluding hydrogens is 446 g/mol. The van der Waals surface area contributed by atoms with Crippen LogP contribution in [-0.2, 0) is 17.8 Å². The molecule has 0 aliphatic heterocycles. The Morgan fingerprint density at radius 2 is 2.13 bits per heavy atom. The Morgan fingerprint density at radius 1 is 1.33 bits per heavy atom. The fourth-order valence-electron chi connectivity index (χ4n) is 2.81. The van der Waals surface area contributed by atoms with Gasteiger partial charge in [0.1, 0.15) is 0 Å². The van der Waals surface area contributed by atoms with E-state index in [1.54, 1.807) is 11.3 Å². The van der Waals surface area contributed by atoms with E-state index in [2.05, 4.69) is 33.9 Å². The summed E-state index contributed by atoms with van der Waals surface area (Å²) < 4.78 is 1.97. The lowest BCUT2D eigenvalue weighted by atomic mass is 10.2. The highest BCUT2D eigenvalue weighted by atomic mass is 35.5. The second-order valence-corrected chi connectivity index (χ2v) is 8.71. The van der Waals surface area contributed by atoms with Crippen molar-refractivity contribution >= 4 is 52.0 Å². The smallest absolute Gasteiger partial charge is 0.271 e. The molecule has 30 heavy (non-hydrogen) atoms. The molecule has 1 aromatic carbocycles. The monoisotopic (exact) mass is 465 g/mol. The number of benzene rings is 1. The van der Waals surface area contributed by atoms with Crippen molar-refractivity contribution < 1.29 is 9.72 Å². The minimum atomic E-state index is -0.539. The van der Waals surface area contributed by atoms with Crippen LogP contribution in [0.1, 0.15) is 25.1 Å². The quantitative estimate of drug-likeness (QED) is 0.262. The molecule has 0 aliphatic carbocycles. The second kappa shape index (κ2) is 10.1. The minimum Gasteiger partial charge on any atom is -0.324 e. The maximum atomic E-state index is 12.4. The van der Waals surface area contributed by atoms with Gasteiger partial charge in [-0.15, -0.1) is 21.5 Å². The van der Waals surface area contributed by atoms with Gasteiger partial charge in [0.2, 0.25) is 5.91 Å². The molecule has 2 heterocycles. The van der Waals surface area contributed by atoms with E-state index in [0.717, 1.165) is 24.2 Å². The lowest BCUT2D eigenvalue weighted by Crippen LogP contribution is -2.15. The summed E-state index contributed by atoms with van der Waals surface area (Å²) in [5, 5.41) is 25.0. The molecule has 3 rings (SSSR count). The third-order valence-electron chi connectivity index (χ3n) is 4.21. The van der Waals surface area contributed by atoms with Crippen molar-refractivity contribution in [3.63, 3.8) is 0 Å². The van der Waals surface area contributed by atoms with Gasteiger partial charge < -0.3 is 9.88 Å². The highest BCUT2D eigenvalue weighted by molar-refractivity contribution is 7.99. The number of aromatic nitrogens is 3. The SMILES string of the molecule is CCCc1cc(-c2nnc(SCC(=O)Nc3cc([N+](=O)[O-])ccc3Cl)n2CC)cs1. The van der Waals surface area contributed by atoms with Gasteiger partial charge in [0.15, 0.2) is 11.0 Å². The average Bonchev–Trinajstić information content (AvgIpc) is 3.34. The number of nitrogens with one attached hydrogen (secondary N) is 1. The van der Waals surface area contributed by atoms with Gasteiger partial charge in [0.25, 0.3) is 5.69 Å².